The summed E-state index contributed by atoms with van der Waals surface area (Å²) in [7, 11) is 0. The highest BCUT2D eigenvalue weighted by Crippen LogP contribution is 2.31. The van der Waals surface area contributed by atoms with Gasteiger partial charge >= 0.3 is 0 Å². The molecule has 0 saturated heterocycles. The summed E-state index contributed by atoms with van der Waals surface area (Å²) in [5.74, 6) is -2.76. The average molecular weight is 669 g/mol. The van der Waals surface area contributed by atoms with Crippen molar-refractivity contribution < 1.29 is 75.7 Å². The van der Waals surface area contributed by atoms with Gasteiger partial charge in [-0.05, 0) is 0 Å². The highest BCUT2D eigenvalue weighted by molar-refractivity contribution is 5.86. The first kappa shape index (κ1) is 38.3. The first-order valence-electron chi connectivity index (χ1n) is 15.2. The van der Waals surface area contributed by atoms with Gasteiger partial charge in [0.05, 0.1) is 36.6 Å². The number of hydrogen-bond acceptors (Lipinski definition) is 16. The largest absolute Gasteiger partial charge is 0.390 e. The standard InChI is InChI=1S/C27H48N4O15/c32-13-7-25(44,8-14(33)19(13)38)22(41)28-1-4-31(5-2-29-23(42)26(45)9-15(34)20(39)16(35)10-26)6-3-30-24(43)27(46)11-17(36)21(40)18(37)12-27/h13-21,32-40,44-46H,1-12H2,(H,28,41)(H,29,42)(H,30,43)/t13-,14-,15-,16-,17-,18-,19?,20?,21?,25?,26?,27?/m1/s1. The molecule has 3 aliphatic rings. The summed E-state index contributed by atoms with van der Waals surface area (Å²) < 4.78 is 0. The van der Waals surface area contributed by atoms with E-state index in [4.69, 9.17) is 0 Å². The van der Waals surface area contributed by atoms with Crippen molar-refractivity contribution in [3.05, 3.63) is 0 Å². The summed E-state index contributed by atoms with van der Waals surface area (Å²) in [5, 5.41) is 128. The number of amides is 3. The minimum Gasteiger partial charge on any atom is -0.390 e. The number of nitrogens with zero attached hydrogens (tertiary/aromatic N) is 1. The van der Waals surface area contributed by atoms with E-state index in [9.17, 15) is 75.7 Å². The Bertz CT molecular complexity index is 904. The van der Waals surface area contributed by atoms with Crippen LogP contribution in [0.15, 0.2) is 0 Å². The Labute approximate surface area is 264 Å². The maximum Gasteiger partial charge on any atom is 0.252 e. The molecule has 19 nitrogen and oxygen atoms in total. The van der Waals surface area contributed by atoms with Gasteiger partial charge in [-0.1, -0.05) is 0 Å². The van der Waals surface area contributed by atoms with Crippen molar-refractivity contribution in [2.24, 2.45) is 0 Å². The first-order valence-corrected chi connectivity index (χ1v) is 15.2. The van der Waals surface area contributed by atoms with Gasteiger partial charge in [-0.15, -0.1) is 0 Å². The Balaban J connectivity index is 1.58. The second kappa shape index (κ2) is 15.4. The Morgan fingerprint density at radius 1 is 0.457 bits per heavy atom. The molecule has 0 aromatic rings. The van der Waals surface area contributed by atoms with Crippen LogP contribution in [0, 0.1) is 0 Å². The molecule has 0 heterocycles. The van der Waals surface area contributed by atoms with Crippen LogP contribution in [0.1, 0.15) is 38.5 Å². The van der Waals surface area contributed by atoms with Crippen molar-refractivity contribution in [1.82, 2.24) is 20.9 Å². The van der Waals surface area contributed by atoms with Crippen LogP contribution >= 0.6 is 0 Å². The van der Waals surface area contributed by atoms with E-state index in [1.807, 2.05) is 0 Å². The molecule has 46 heavy (non-hydrogen) atoms. The van der Waals surface area contributed by atoms with Crippen LogP contribution in [0.4, 0.5) is 0 Å². The van der Waals surface area contributed by atoms with Gasteiger partial charge < -0.3 is 77.2 Å². The van der Waals surface area contributed by atoms with Gasteiger partial charge in [-0.3, -0.25) is 19.3 Å². The summed E-state index contributed by atoms with van der Waals surface area (Å²) in [6.45, 7) is -0.205. The fourth-order valence-electron chi connectivity index (χ4n) is 6.19. The minimum atomic E-state index is -2.17. The van der Waals surface area contributed by atoms with Crippen LogP contribution in [0.3, 0.4) is 0 Å². The minimum absolute atomic E-state index is 0.0447. The number of aliphatic hydroxyl groups excluding tert-OH is 9. The van der Waals surface area contributed by atoms with E-state index in [2.05, 4.69) is 16.0 Å². The predicted molar refractivity (Wildman–Crippen MR) is 152 cm³/mol. The van der Waals surface area contributed by atoms with E-state index in [0.717, 1.165) is 0 Å². The third-order valence-electron chi connectivity index (χ3n) is 9.06. The Morgan fingerprint density at radius 3 is 0.848 bits per heavy atom. The zero-order valence-electron chi connectivity index (χ0n) is 25.2. The second-order valence-corrected chi connectivity index (χ2v) is 12.8. The zero-order chi connectivity index (χ0) is 34.6. The van der Waals surface area contributed by atoms with E-state index in [1.54, 1.807) is 4.90 Å². The molecule has 6 atom stereocenters. The van der Waals surface area contributed by atoms with Crippen molar-refractivity contribution in [3.8, 4) is 0 Å². The molecule has 0 bridgehead atoms. The average Bonchev–Trinajstić information content (AvgIpc) is 2.96. The molecular weight excluding hydrogens is 620 g/mol. The third kappa shape index (κ3) is 9.07. The maximum absolute atomic E-state index is 12.7. The number of carbonyl (C=O) groups excluding carboxylic acids is 3. The Morgan fingerprint density at radius 2 is 0.652 bits per heavy atom. The van der Waals surface area contributed by atoms with Crippen LogP contribution in [-0.2, 0) is 14.4 Å². The molecule has 0 spiro atoms. The molecule has 15 N–H and O–H groups in total. The van der Waals surface area contributed by atoms with Crippen molar-refractivity contribution in [2.45, 2.75) is 110 Å². The summed E-state index contributed by atoms with van der Waals surface area (Å²) in [6.07, 6.45) is -17.0. The van der Waals surface area contributed by atoms with Gasteiger partial charge in [-0.25, -0.2) is 0 Å². The molecule has 0 unspecified atom stereocenters. The van der Waals surface area contributed by atoms with Gasteiger partial charge in [0.25, 0.3) is 17.7 Å². The van der Waals surface area contributed by atoms with Crippen LogP contribution in [0.5, 0.6) is 0 Å². The molecule has 0 aromatic heterocycles. The molecule has 3 amide bonds. The first-order chi connectivity index (χ1) is 21.3. The van der Waals surface area contributed by atoms with Crippen molar-refractivity contribution in [2.75, 3.05) is 39.3 Å². The molecule has 3 aliphatic carbocycles. The molecule has 0 radical (unpaired) electrons. The van der Waals surface area contributed by atoms with Crippen molar-refractivity contribution in [1.29, 1.82) is 0 Å². The molecular formula is C27H48N4O15. The Kier molecular flexibility index (Phi) is 12.8. The molecule has 3 saturated carbocycles. The van der Waals surface area contributed by atoms with E-state index >= 15 is 0 Å². The molecule has 0 aliphatic heterocycles. The van der Waals surface area contributed by atoms with E-state index in [-0.39, 0.29) is 39.3 Å². The molecule has 19 heteroatoms. The monoisotopic (exact) mass is 668 g/mol. The third-order valence-corrected chi connectivity index (χ3v) is 9.06. The summed E-state index contributed by atoms with van der Waals surface area (Å²) >= 11 is 0. The number of aliphatic hydroxyl groups is 12. The summed E-state index contributed by atoms with van der Waals surface area (Å²) in [4.78, 5) is 39.7. The number of carbonyl (C=O) groups is 3. The Hall–Kier alpha value is -2.11. The van der Waals surface area contributed by atoms with Crippen molar-refractivity contribution in [3.63, 3.8) is 0 Å². The second-order valence-electron chi connectivity index (χ2n) is 12.8. The SMILES string of the molecule is O=C(NCCN(CCNC(=O)C1(O)C[C@@H](O)C(O)[C@H](O)C1)CCNC(=O)C1(O)C[C@@H](O)C(O)[C@H](O)C1)C1(O)C[C@@H](O)C(O)[C@H](O)C1. The van der Waals surface area contributed by atoms with E-state index in [0.29, 0.717) is 0 Å². The van der Waals surface area contributed by atoms with Gasteiger partial charge in [-0.2, -0.15) is 0 Å². The number of hydrogen-bond donors (Lipinski definition) is 15. The quantitative estimate of drug-likeness (QED) is 0.0918. The highest BCUT2D eigenvalue weighted by atomic mass is 16.4. The van der Waals surface area contributed by atoms with E-state index < -0.39 is 128 Å². The van der Waals surface area contributed by atoms with Gasteiger partial charge in [0, 0.05) is 77.8 Å². The van der Waals surface area contributed by atoms with Crippen LogP contribution in [-0.4, -0.2) is 195 Å². The lowest BCUT2D eigenvalue weighted by Gasteiger charge is -2.39. The van der Waals surface area contributed by atoms with Gasteiger partial charge in [0.15, 0.2) is 0 Å². The fourth-order valence-corrected chi connectivity index (χ4v) is 6.19. The van der Waals surface area contributed by atoms with Crippen LogP contribution in [0.25, 0.3) is 0 Å². The van der Waals surface area contributed by atoms with Gasteiger partial charge in [0.1, 0.15) is 35.1 Å². The van der Waals surface area contributed by atoms with Crippen LogP contribution < -0.4 is 16.0 Å². The smallest absolute Gasteiger partial charge is 0.252 e. The van der Waals surface area contributed by atoms with E-state index in [1.165, 1.54) is 0 Å². The normalized spacial score (nSPS) is 41.5. The maximum atomic E-state index is 12.7. The lowest BCUT2D eigenvalue weighted by Crippen LogP contribution is -2.60. The summed E-state index contributed by atoms with van der Waals surface area (Å²) in [6, 6.07) is 0. The number of rotatable bonds is 12. The molecule has 0 aromatic carbocycles. The lowest BCUT2D eigenvalue weighted by molar-refractivity contribution is -0.173. The molecule has 3 fully saturated rings. The lowest BCUT2D eigenvalue weighted by atomic mass is 9.79. The van der Waals surface area contributed by atoms with Gasteiger partial charge in [0.2, 0.25) is 0 Å². The highest BCUT2D eigenvalue weighted by Gasteiger charge is 2.50. The van der Waals surface area contributed by atoms with Crippen LogP contribution in [0.2, 0.25) is 0 Å². The molecule has 266 valence electrons. The zero-order valence-corrected chi connectivity index (χ0v) is 25.2. The number of nitrogens with one attached hydrogen (secondary N) is 3. The fraction of sp³-hybridized carbons (Fsp3) is 0.889. The molecule has 3 rings (SSSR count). The topological polar surface area (TPSA) is 333 Å². The summed E-state index contributed by atoms with van der Waals surface area (Å²) in [5.41, 5.74) is -6.50. The van der Waals surface area contributed by atoms with Crippen molar-refractivity contribution >= 4 is 17.7 Å². The predicted octanol–water partition coefficient (Wildman–Crippen LogP) is -8.54.